The van der Waals surface area contributed by atoms with Crippen molar-refractivity contribution in [1.82, 2.24) is 10.3 Å². The topological polar surface area (TPSA) is 115 Å². The highest BCUT2D eigenvalue weighted by Gasteiger charge is 2.76. The number of carbonyl (C=O) groups excluding carboxylic acids is 3. The second-order valence-electron chi connectivity index (χ2n) is 13.4. The number of aliphatic hydroxyl groups is 1. The Kier molecular flexibility index (Phi) is 5.89. The fourth-order valence-corrected chi connectivity index (χ4v) is 10.0. The van der Waals surface area contributed by atoms with Crippen molar-refractivity contribution in [2.75, 3.05) is 6.54 Å². The molecule has 7 rings (SSSR count). The summed E-state index contributed by atoms with van der Waals surface area (Å²) in [4.78, 5) is 43.9. The smallest absolute Gasteiger partial charge is 0.251 e. The van der Waals surface area contributed by atoms with Gasteiger partial charge in [-0.15, -0.1) is 11.3 Å². The van der Waals surface area contributed by atoms with Crippen molar-refractivity contribution in [3.05, 3.63) is 53.1 Å². The van der Waals surface area contributed by atoms with Crippen LogP contribution in [0.2, 0.25) is 0 Å². The average Bonchev–Trinajstić information content (AvgIpc) is 3.56. The maximum absolute atomic E-state index is 14.3. The molecule has 1 aliphatic heterocycles. The molecular weight excluding hydrogens is 540 g/mol. The van der Waals surface area contributed by atoms with Crippen LogP contribution in [-0.2, 0) is 19.1 Å². The Bertz CT molecular complexity index is 1540. The number of thiazole rings is 1. The van der Waals surface area contributed by atoms with E-state index in [9.17, 15) is 19.5 Å². The molecule has 4 aliphatic carbocycles. The highest BCUT2D eigenvalue weighted by Crippen LogP contribution is 2.70. The summed E-state index contributed by atoms with van der Waals surface area (Å²) in [7, 11) is 0. The van der Waals surface area contributed by atoms with Gasteiger partial charge in [0.05, 0.1) is 34.5 Å². The molecule has 4 fully saturated rings. The molecule has 2 N–H and O–H groups in total. The molecule has 9 heteroatoms. The Labute approximate surface area is 243 Å². The van der Waals surface area contributed by atoms with E-state index in [1.165, 1.54) is 11.3 Å². The zero-order valence-corrected chi connectivity index (χ0v) is 24.6. The van der Waals surface area contributed by atoms with Crippen molar-refractivity contribution in [1.29, 1.82) is 0 Å². The normalized spacial score (nSPS) is 40.4. The fraction of sp³-hybridized carbons (Fsp3) is 0.562. The van der Waals surface area contributed by atoms with Crippen molar-refractivity contribution in [3.8, 4) is 0 Å². The number of hydrogen-bond donors (Lipinski definition) is 2. The molecule has 1 aromatic heterocycles. The van der Waals surface area contributed by atoms with Crippen LogP contribution in [0.15, 0.2) is 47.5 Å². The molecule has 2 heterocycles. The number of aromatic nitrogens is 1. The number of allylic oxidation sites excluding steroid dienone is 4. The lowest BCUT2D eigenvalue weighted by Crippen LogP contribution is -2.64. The van der Waals surface area contributed by atoms with Crippen LogP contribution in [0.3, 0.4) is 0 Å². The van der Waals surface area contributed by atoms with Gasteiger partial charge in [0.1, 0.15) is 0 Å². The lowest BCUT2D eigenvalue weighted by molar-refractivity contribution is -0.224. The average molecular weight is 577 g/mol. The first-order valence-corrected chi connectivity index (χ1v) is 15.4. The third kappa shape index (κ3) is 3.75. The molecule has 0 bridgehead atoms. The second-order valence-corrected chi connectivity index (χ2v) is 14.3. The zero-order valence-electron chi connectivity index (χ0n) is 23.8. The molecule has 0 radical (unpaired) electrons. The Morgan fingerprint density at radius 2 is 2.02 bits per heavy atom. The minimum atomic E-state index is -1.29. The summed E-state index contributed by atoms with van der Waals surface area (Å²) >= 11 is 1.46. The molecule has 216 valence electrons. The summed E-state index contributed by atoms with van der Waals surface area (Å²) < 4.78 is 14.0. The predicted octanol–water partition coefficient (Wildman–Crippen LogP) is 4.37. The molecule has 1 aromatic carbocycles. The van der Waals surface area contributed by atoms with Gasteiger partial charge in [0.25, 0.3) is 5.91 Å². The van der Waals surface area contributed by atoms with Crippen LogP contribution in [0.1, 0.15) is 63.7 Å². The van der Waals surface area contributed by atoms with Gasteiger partial charge in [0, 0.05) is 22.3 Å². The fourth-order valence-electron chi connectivity index (χ4n) is 9.31. The first-order valence-electron chi connectivity index (χ1n) is 14.5. The third-order valence-electron chi connectivity index (χ3n) is 10.9. The summed E-state index contributed by atoms with van der Waals surface area (Å²) in [5.74, 6) is -1.37. The lowest BCUT2D eigenvalue weighted by atomic mass is 9.46. The summed E-state index contributed by atoms with van der Waals surface area (Å²) in [5.41, 5.74) is 1.74. The van der Waals surface area contributed by atoms with E-state index in [4.69, 9.17) is 9.47 Å². The van der Waals surface area contributed by atoms with Gasteiger partial charge in [-0.25, -0.2) is 4.98 Å². The molecule has 5 unspecified atom stereocenters. The van der Waals surface area contributed by atoms with Crippen LogP contribution in [0.25, 0.3) is 10.2 Å². The van der Waals surface area contributed by atoms with Crippen LogP contribution >= 0.6 is 11.3 Å². The van der Waals surface area contributed by atoms with Gasteiger partial charge in [-0.1, -0.05) is 25.5 Å². The number of carbonyl (C=O) groups is 3. The molecule has 8 nitrogen and oxygen atoms in total. The number of Topliss-reactive ketones (excluding diaryl/α,β-unsaturated/α-hetero) is 1. The van der Waals surface area contributed by atoms with Gasteiger partial charge < -0.3 is 19.9 Å². The van der Waals surface area contributed by atoms with Gasteiger partial charge in [0.2, 0.25) is 0 Å². The number of amides is 1. The molecule has 5 aliphatic rings. The Balaban J connectivity index is 1.19. The van der Waals surface area contributed by atoms with E-state index in [1.807, 2.05) is 19.9 Å². The van der Waals surface area contributed by atoms with Crippen molar-refractivity contribution < 1.29 is 29.0 Å². The monoisotopic (exact) mass is 576 g/mol. The first kappa shape index (κ1) is 27.1. The van der Waals surface area contributed by atoms with Gasteiger partial charge in [-0.2, -0.15) is 0 Å². The summed E-state index contributed by atoms with van der Waals surface area (Å²) in [6.07, 6.45) is 6.83. The van der Waals surface area contributed by atoms with Gasteiger partial charge in [0.15, 0.2) is 23.0 Å². The molecule has 3 saturated carbocycles. The van der Waals surface area contributed by atoms with Crippen LogP contribution in [-0.4, -0.2) is 57.7 Å². The molecule has 8 atom stereocenters. The van der Waals surface area contributed by atoms with Crippen LogP contribution < -0.4 is 5.32 Å². The van der Waals surface area contributed by atoms with Crippen molar-refractivity contribution in [2.45, 2.75) is 77.0 Å². The molecule has 1 amide bonds. The third-order valence-corrected chi connectivity index (χ3v) is 11.7. The minimum Gasteiger partial charge on any atom is -0.393 e. The standard InChI is InChI=1S/C32H36N2O6S/c1-29(2)39-26-13-21-20-7-6-18-12-19(35)9-10-30(18,3)27(20)23(36)14-31(21,4)32(26,40-29)25(37)15-33-28(38)17-5-8-22-24(11-17)41-16-34-22/h5,8-12,16,20-21,23,26-27,36H,6-7,13-15H2,1-4H3,(H,33,38)/t20?,21?,23-,26+,27?,30?,31?,32+/m0/s1. The molecule has 2 aromatic rings. The van der Waals surface area contributed by atoms with Crippen LogP contribution in [0.5, 0.6) is 0 Å². The number of benzene rings is 1. The van der Waals surface area contributed by atoms with Crippen LogP contribution in [0.4, 0.5) is 0 Å². The predicted molar refractivity (Wildman–Crippen MR) is 153 cm³/mol. The van der Waals surface area contributed by atoms with Gasteiger partial charge in [-0.05, 0) is 81.7 Å². The molecule has 1 saturated heterocycles. The minimum absolute atomic E-state index is 0.00376. The highest BCUT2D eigenvalue weighted by atomic mass is 32.1. The Morgan fingerprint density at radius 3 is 2.83 bits per heavy atom. The van der Waals surface area contributed by atoms with Gasteiger partial charge >= 0.3 is 0 Å². The van der Waals surface area contributed by atoms with E-state index in [-0.39, 0.29) is 41.8 Å². The van der Waals surface area contributed by atoms with E-state index in [0.29, 0.717) is 18.4 Å². The van der Waals surface area contributed by atoms with E-state index in [0.717, 1.165) is 28.6 Å². The summed E-state index contributed by atoms with van der Waals surface area (Å²) in [5, 5.41) is 14.7. The number of ketones is 2. The molecule has 41 heavy (non-hydrogen) atoms. The van der Waals surface area contributed by atoms with Gasteiger partial charge in [-0.3, -0.25) is 14.4 Å². The Hall–Kier alpha value is -2.72. The number of nitrogens with one attached hydrogen (secondary N) is 1. The number of hydrogen-bond acceptors (Lipinski definition) is 8. The first-order chi connectivity index (χ1) is 19.4. The van der Waals surface area contributed by atoms with E-state index in [1.54, 1.807) is 35.9 Å². The van der Waals surface area contributed by atoms with E-state index in [2.05, 4.69) is 24.1 Å². The van der Waals surface area contributed by atoms with E-state index < -0.39 is 34.4 Å². The lowest BCUT2D eigenvalue weighted by Gasteiger charge is -2.60. The number of aliphatic hydroxyl groups excluding tert-OH is 1. The second kappa shape index (κ2) is 8.89. The van der Waals surface area contributed by atoms with E-state index >= 15 is 0 Å². The summed E-state index contributed by atoms with van der Waals surface area (Å²) in [6, 6.07) is 5.31. The number of ether oxygens (including phenoxy) is 2. The number of rotatable bonds is 4. The molecule has 0 spiro atoms. The van der Waals surface area contributed by atoms with Crippen molar-refractivity contribution >= 4 is 39.0 Å². The quantitative estimate of drug-likeness (QED) is 0.555. The number of nitrogens with zero attached hydrogens (tertiary/aromatic N) is 1. The van der Waals surface area contributed by atoms with Crippen LogP contribution in [0, 0.1) is 28.6 Å². The van der Waals surface area contributed by atoms with Crippen molar-refractivity contribution in [2.24, 2.45) is 28.6 Å². The zero-order chi connectivity index (χ0) is 28.9. The maximum atomic E-state index is 14.3. The number of fused-ring (bicyclic) bond motifs is 8. The molecular formula is C32H36N2O6S. The summed E-state index contributed by atoms with van der Waals surface area (Å²) in [6.45, 7) is 7.67. The Morgan fingerprint density at radius 1 is 1.22 bits per heavy atom. The SMILES string of the molecule is CC1(C)O[C@@H]2CC3C4CCC5=CC(=O)C=CC5(C)C4[C@@H](O)CC3(C)[C@]2(C(=O)CNC(=O)c2ccc3ncsc3c2)O1. The highest BCUT2D eigenvalue weighted by molar-refractivity contribution is 7.16. The van der Waals surface area contributed by atoms with Crippen molar-refractivity contribution in [3.63, 3.8) is 0 Å². The maximum Gasteiger partial charge on any atom is 0.251 e. The largest absolute Gasteiger partial charge is 0.393 e.